The van der Waals surface area contributed by atoms with Crippen LogP contribution in [0.5, 0.6) is 0 Å². The van der Waals surface area contributed by atoms with E-state index in [-0.39, 0.29) is 24.4 Å². The number of rotatable bonds is 9. The molecule has 3 aromatic rings. The van der Waals surface area contributed by atoms with Gasteiger partial charge in [-0.25, -0.2) is 4.79 Å². The topological polar surface area (TPSA) is 113 Å². The minimum Gasteiger partial charge on any atom is -0.462 e. The molecule has 1 amide bonds. The van der Waals surface area contributed by atoms with Gasteiger partial charge in [-0.05, 0) is 45.2 Å². The summed E-state index contributed by atoms with van der Waals surface area (Å²) in [5, 5.41) is 17.1. The Labute approximate surface area is 206 Å². The minimum atomic E-state index is -0.427. The molecule has 1 aliphatic heterocycles. The van der Waals surface area contributed by atoms with E-state index in [0.29, 0.717) is 33.8 Å². The standard InChI is InChI=1S/C22H28N6O4S2/c1-5-31-21(30)18-13(2)14(3)34-20(18)23-17(29)12-33-22-25-24-19(16-8-9-27(4)26-16)28(22)11-15-7-6-10-32-15/h8-9,15H,5-7,10-12H2,1-4H3,(H,23,29)/t15-/m0/s1. The molecular weight excluding hydrogens is 476 g/mol. The van der Waals surface area contributed by atoms with Gasteiger partial charge >= 0.3 is 5.97 Å². The van der Waals surface area contributed by atoms with Gasteiger partial charge in [-0.15, -0.1) is 21.5 Å². The van der Waals surface area contributed by atoms with Gasteiger partial charge in [0.1, 0.15) is 10.7 Å². The monoisotopic (exact) mass is 504 g/mol. The Bertz CT molecular complexity index is 1180. The van der Waals surface area contributed by atoms with E-state index in [1.165, 1.54) is 23.1 Å². The van der Waals surface area contributed by atoms with E-state index < -0.39 is 5.97 Å². The third-order valence-electron chi connectivity index (χ3n) is 5.52. The number of aryl methyl sites for hydroxylation is 2. The third-order valence-corrected chi connectivity index (χ3v) is 7.61. The largest absolute Gasteiger partial charge is 0.462 e. The van der Waals surface area contributed by atoms with Crippen molar-refractivity contribution in [2.75, 3.05) is 24.3 Å². The number of hydrogen-bond donors (Lipinski definition) is 1. The lowest BCUT2D eigenvalue weighted by atomic mass is 10.1. The van der Waals surface area contributed by atoms with Crippen molar-refractivity contribution in [1.29, 1.82) is 0 Å². The quantitative estimate of drug-likeness (QED) is 0.348. The van der Waals surface area contributed by atoms with Crippen LogP contribution in [0, 0.1) is 13.8 Å². The molecule has 0 saturated carbocycles. The molecular formula is C22H28N6O4S2. The second-order valence-electron chi connectivity index (χ2n) is 7.97. The van der Waals surface area contributed by atoms with Crippen LogP contribution in [-0.2, 0) is 27.9 Å². The number of nitrogens with one attached hydrogen (secondary N) is 1. The van der Waals surface area contributed by atoms with Crippen molar-refractivity contribution in [1.82, 2.24) is 24.5 Å². The second kappa shape index (κ2) is 10.7. The van der Waals surface area contributed by atoms with Gasteiger partial charge in [0.05, 0.1) is 30.6 Å². The smallest absolute Gasteiger partial charge is 0.341 e. The number of ether oxygens (including phenoxy) is 2. The maximum Gasteiger partial charge on any atom is 0.341 e. The zero-order chi connectivity index (χ0) is 24.2. The molecule has 34 heavy (non-hydrogen) atoms. The zero-order valence-corrected chi connectivity index (χ0v) is 21.3. The summed E-state index contributed by atoms with van der Waals surface area (Å²) < 4.78 is 14.7. The Hall–Kier alpha value is -2.70. The number of esters is 1. The number of hydrogen-bond acceptors (Lipinski definition) is 9. The lowest BCUT2D eigenvalue weighted by Crippen LogP contribution is -2.19. The van der Waals surface area contributed by atoms with Crippen LogP contribution in [-0.4, -0.2) is 61.5 Å². The van der Waals surface area contributed by atoms with E-state index in [9.17, 15) is 9.59 Å². The highest BCUT2D eigenvalue weighted by molar-refractivity contribution is 7.99. The van der Waals surface area contributed by atoms with Gasteiger partial charge in [0.25, 0.3) is 0 Å². The van der Waals surface area contributed by atoms with Gasteiger partial charge in [-0.3, -0.25) is 14.0 Å². The molecule has 1 aliphatic rings. The predicted molar refractivity (Wildman–Crippen MR) is 130 cm³/mol. The van der Waals surface area contributed by atoms with E-state index in [1.807, 2.05) is 37.7 Å². The van der Waals surface area contributed by atoms with E-state index >= 15 is 0 Å². The number of thiophene rings is 1. The number of nitrogens with zero attached hydrogens (tertiary/aromatic N) is 5. The highest BCUT2D eigenvalue weighted by Gasteiger charge is 2.25. The average molecular weight is 505 g/mol. The van der Waals surface area contributed by atoms with E-state index in [1.54, 1.807) is 11.6 Å². The fourth-order valence-corrected chi connectivity index (χ4v) is 5.55. The summed E-state index contributed by atoms with van der Waals surface area (Å²) in [7, 11) is 1.85. The molecule has 1 N–H and O–H groups in total. The fourth-order valence-electron chi connectivity index (χ4n) is 3.73. The Morgan fingerprint density at radius 1 is 1.35 bits per heavy atom. The Kier molecular flexibility index (Phi) is 7.69. The van der Waals surface area contributed by atoms with Gasteiger partial charge in [-0.1, -0.05) is 11.8 Å². The van der Waals surface area contributed by atoms with Crippen LogP contribution in [0.2, 0.25) is 0 Å². The van der Waals surface area contributed by atoms with Gasteiger partial charge in [0, 0.05) is 24.7 Å². The van der Waals surface area contributed by atoms with Crippen LogP contribution in [0.3, 0.4) is 0 Å². The SMILES string of the molecule is CCOC(=O)c1c(NC(=O)CSc2nnc(-c3ccn(C)n3)n2C[C@@H]2CCCO2)sc(C)c1C. The molecule has 3 aromatic heterocycles. The van der Waals surface area contributed by atoms with Crippen LogP contribution < -0.4 is 5.32 Å². The van der Waals surface area contributed by atoms with Crippen molar-refractivity contribution in [3.05, 3.63) is 28.3 Å². The molecule has 0 radical (unpaired) electrons. The lowest BCUT2D eigenvalue weighted by molar-refractivity contribution is -0.113. The molecule has 0 aromatic carbocycles. The van der Waals surface area contributed by atoms with Crippen molar-refractivity contribution in [2.24, 2.45) is 7.05 Å². The number of anilines is 1. The van der Waals surface area contributed by atoms with Crippen LogP contribution in [0.25, 0.3) is 11.5 Å². The number of carbonyl (C=O) groups excluding carboxylic acids is 2. The summed E-state index contributed by atoms with van der Waals surface area (Å²) in [6.45, 7) is 7.15. The molecule has 0 spiro atoms. The summed E-state index contributed by atoms with van der Waals surface area (Å²) in [4.78, 5) is 26.2. The molecule has 1 atom stereocenters. The first-order valence-electron chi connectivity index (χ1n) is 11.1. The van der Waals surface area contributed by atoms with Crippen LogP contribution in [0.1, 0.15) is 40.6 Å². The number of aromatic nitrogens is 5. The van der Waals surface area contributed by atoms with Gasteiger partial charge < -0.3 is 14.8 Å². The van der Waals surface area contributed by atoms with Gasteiger partial charge in [0.2, 0.25) is 5.91 Å². The maximum absolute atomic E-state index is 12.8. The molecule has 4 heterocycles. The molecule has 1 fully saturated rings. The molecule has 182 valence electrons. The number of thioether (sulfide) groups is 1. The van der Waals surface area contributed by atoms with Crippen LogP contribution >= 0.6 is 23.1 Å². The normalized spacial score (nSPS) is 15.6. The average Bonchev–Trinajstić information content (AvgIpc) is 3.57. The third kappa shape index (κ3) is 5.34. The summed E-state index contributed by atoms with van der Waals surface area (Å²) >= 11 is 2.66. The first kappa shape index (κ1) is 24.4. The summed E-state index contributed by atoms with van der Waals surface area (Å²) in [5.74, 6) is 0.101. The summed E-state index contributed by atoms with van der Waals surface area (Å²) in [5.41, 5.74) is 1.96. The number of amides is 1. The Morgan fingerprint density at radius 3 is 2.85 bits per heavy atom. The molecule has 0 bridgehead atoms. The first-order valence-corrected chi connectivity index (χ1v) is 12.9. The number of carbonyl (C=O) groups is 2. The Balaban J connectivity index is 1.49. The van der Waals surface area contributed by atoms with Crippen molar-refractivity contribution in [2.45, 2.75) is 51.4 Å². The molecule has 10 nitrogen and oxygen atoms in total. The summed E-state index contributed by atoms with van der Waals surface area (Å²) in [6.07, 6.45) is 3.93. The van der Waals surface area contributed by atoms with Crippen molar-refractivity contribution in [3.8, 4) is 11.5 Å². The molecule has 0 unspecified atom stereocenters. The van der Waals surface area contributed by atoms with Crippen LogP contribution in [0.4, 0.5) is 5.00 Å². The Morgan fingerprint density at radius 2 is 2.18 bits per heavy atom. The van der Waals surface area contributed by atoms with Crippen LogP contribution in [0.15, 0.2) is 17.4 Å². The fraction of sp³-hybridized carbons (Fsp3) is 0.500. The van der Waals surface area contributed by atoms with Crippen molar-refractivity contribution in [3.63, 3.8) is 0 Å². The lowest BCUT2D eigenvalue weighted by Gasteiger charge is -2.14. The van der Waals surface area contributed by atoms with E-state index in [0.717, 1.165) is 29.9 Å². The van der Waals surface area contributed by atoms with Gasteiger partial charge in [-0.2, -0.15) is 5.10 Å². The van der Waals surface area contributed by atoms with E-state index in [4.69, 9.17) is 9.47 Å². The van der Waals surface area contributed by atoms with E-state index in [2.05, 4.69) is 20.6 Å². The first-order chi connectivity index (χ1) is 16.4. The minimum absolute atomic E-state index is 0.0795. The molecule has 0 aliphatic carbocycles. The molecule has 4 rings (SSSR count). The highest BCUT2D eigenvalue weighted by atomic mass is 32.2. The zero-order valence-electron chi connectivity index (χ0n) is 19.7. The predicted octanol–water partition coefficient (Wildman–Crippen LogP) is 3.44. The maximum atomic E-state index is 12.8. The highest BCUT2D eigenvalue weighted by Crippen LogP contribution is 2.33. The van der Waals surface area contributed by atoms with Crippen molar-refractivity contribution < 1.29 is 19.1 Å². The summed E-state index contributed by atoms with van der Waals surface area (Å²) in [6, 6.07) is 1.88. The van der Waals surface area contributed by atoms with Gasteiger partial charge in [0.15, 0.2) is 11.0 Å². The second-order valence-corrected chi connectivity index (χ2v) is 10.1. The molecule has 12 heteroatoms. The van der Waals surface area contributed by atoms with Crippen molar-refractivity contribution >= 4 is 40.0 Å². The molecule has 1 saturated heterocycles.